The molecule has 0 aliphatic carbocycles. The molecular formula is C18H33IN4O. The number of ether oxygens (including phenoxy) is 1. The van der Waals surface area contributed by atoms with Gasteiger partial charge in [-0.3, -0.25) is 4.99 Å². The normalized spacial score (nSPS) is 11.2. The molecule has 138 valence electrons. The van der Waals surface area contributed by atoms with E-state index in [0.29, 0.717) is 0 Å². The van der Waals surface area contributed by atoms with Gasteiger partial charge in [-0.05, 0) is 25.6 Å². The molecule has 0 saturated heterocycles. The van der Waals surface area contributed by atoms with Crippen molar-refractivity contribution in [2.75, 3.05) is 47.4 Å². The first kappa shape index (κ1) is 23.0. The predicted octanol–water partition coefficient (Wildman–Crippen LogP) is 3.05. The van der Waals surface area contributed by atoms with Crippen LogP contribution in [0.15, 0.2) is 29.3 Å². The maximum atomic E-state index is 5.42. The molecule has 0 radical (unpaired) electrons. The second kappa shape index (κ2) is 13.3. The summed E-state index contributed by atoms with van der Waals surface area (Å²) in [6, 6.07) is 8.10. The lowest BCUT2D eigenvalue weighted by Crippen LogP contribution is -2.42. The summed E-state index contributed by atoms with van der Waals surface area (Å²) in [5, 5.41) is 3.44. The fourth-order valence-electron chi connectivity index (χ4n) is 2.62. The van der Waals surface area contributed by atoms with Crippen molar-refractivity contribution in [2.24, 2.45) is 4.99 Å². The van der Waals surface area contributed by atoms with Gasteiger partial charge in [0.1, 0.15) is 5.75 Å². The van der Waals surface area contributed by atoms with Gasteiger partial charge in [-0.2, -0.15) is 0 Å². The quantitative estimate of drug-likeness (QED) is 0.358. The van der Waals surface area contributed by atoms with E-state index < -0.39 is 0 Å². The lowest BCUT2D eigenvalue weighted by molar-refractivity contribution is 0.291. The fraction of sp³-hybridized carbons (Fsp3) is 0.611. The highest BCUT2D eigenvalue weighted by Gasteiger charge is 2.10. The van der Waals surface area contributed by atoms with Crippen molar-refractivity contribution in [3.63, 3.8) is 0 Å². The zero-order valence-corrected chi connectivity index (χ0v) is 18.0. The summed E-state index contributed by atoms with van der Waals surface area (Å²) in [7, 11) is 5.58. The topological polar surface area (TPSA) is 40.1 Å². The Morgan fingerprint density at radius 2 is 1.92 bits per heavy atom. The first-order chi connectivity index (χ1) is 11.2. The zero-order chi connectivity index (χ0) is 17.1. The zero-order valence-electron chi connectivity index (χ0n) is 15.7. The standard InChI is InChI=1S/C18H32N4O.HI/c1-6-13-22(7-2)14-12-20-18(19-3)21(4)15-16-10-8-9-11-17(16)23-5;/h8-11H,6-7,12-15H2,1-5H3,(H,19,20);1H. The SMILES string of the molecule is CCCN(CC)CCNC(=NC)N(C)Cc1ccccc1OC.I. The highest BCUT2D eigenvalue weighted by Crippen LogP contribution is 2.18. The Hall–Kier alpha value is -1.02. The lowest BCUT2D eigenvalue weighted by Gasteiger charge is -2.25. The second-order valence-electron chi connectivity index (χ2n) is 5.58. The summed E-state index contributed by atoms with van der Waals surface area (Å²) >= 11 is 0. The Bertz CT molecular complexity index is 482. The van der Waals surface area contributed by atoms with E-state index >= 15 is 0 Å². The van der Waals surface area contributed by atoms with Crippen molar-refractivity contribution in [3.8, 4) is 5.75 Å². The van der Waals surface area contributed by atoms with Crippen LogP contribution in [-0.4, -0.2) is 63.1 Å². The third kappa shape index (κ3) is 7.70. The van der Waals surface area contributed by atoms with E-state index in [9.17, 15) is 0 Å². The number of nitrogens with zero attached hydrogens (tertiary/aromatic N) is 3. The van der Waals surface area contributed by atoms with E-state index in [1.807, 2.05) is 32.3 Å². The number of likely N-dealkylation sites (N-methyl/N-ethyl adjacent to an activating group) is 1. The van der Waals surface area contributed by atoms with Crippen LogP contribution >= 0.6 is 24.0 Å². The number of methoxy groups -OCH3 is 1. The number of hydrogen-bond acceptors (Lipinski definition) is 3. The van der Waals surface area contributed by atoms with Crippen molar-refractivity contribution in [2.45, 2.75) is 26.8 Å². The van der Waals surface area contributed by atoms with E-state index in [1.165, 1.54) is 6.42 Å². The molecule has 0 unspecified atom stereocenters. The maximum Gasteiger partial charge on any atom is 0.193 e. The number of guanidine groups is 1. The van der Waals surface area contributed by atoms with E-state index in [2.05, 4.69) is 40.0 Å². The minimum absolute atomic E-state index is 0. The molecule has 5 nitrogen and oxygen atoms in total. The van der Waals surface area contributed by atoms with Gasteiger partial charge < -0.3 is 19.9 Å². The fourth-order valence-corrected chi connectivity index (χ4v) is 2.62. The monoisotopic (exact) mass is 448 g/mol. The molecule has 24 heavy (non-hydrogen) atoms. The first-order valence-corrected chi connectivity index (χ1v) is 8.42. The van der Waals surface area contributed by atoms with Gasteiger partial charge in [0.15, 0.2) is 5.96 Å². The van der Waals surface area contributed by atoms with Crippen molar-refractivity contribution >= 4 is 29.9 Å². The van der Waals surface area contributed by atoms with Crippen molar-refractivity contribution in [1.82, 2.24) is 15.1 Å². The maximum absolute atomic E-state index is 5.42. The van der Waals surface area contributed by atoms with Crippen molar-refractivity contribution in [3.05, 3.63) is 29.8 Å². The third-order valence-electron chi connectivity index (χ3n) is 3.87. The summed E-state index contributed by atoms with van der Waals surface area (Å²) < 4.78 is 5.42. The molecular weight excluding hydrogens is 415 g/mol. The molecule has 1 rings (SSSR count). The molecule has 0 aliphatic heterocycles. The number of para-hydroxylation sites is 1. The van der Waals surface area contributed by atoms with Crippen LogP contribution in [0.4, 0.5) is 0 Å². The van der Waals surface area contributed by atoms with Crippen molar-refractivity contribution < 1.29 is 4.74 Å². The number of hydrogen-bond donors (Lipinski definition) is 1. The lowest BCUT2D eigenvalue weighted by atomic mass is 10.2. The van der Waals surface area contributed by atoms with Crippen LogP contribution in [0.1, 0.15) is 25.8 Å². The number of nitrogens with one attached hydrogen (secondary N) is 1. The van der Waals surface area contributed by atoms with Crippen LogP contribution in [0, 0.1) is 0 Å². The molecule has 0 aromatic heterocycles. The minimum atomic E-state index is 0. The van der Waals surface area contributed by atoms with E-state index in [1.54, 1.807) is 7.11 Å². The van der Waals surface area contributed by atoms with Gasteiger partial charge in [0, 0.05) is 39.3 Å². The molecule has 1 aromatic carbocycles. The first-order valence-electron chi connectivity index (χ1n) is 8.42. The molecule has 1 aromatic rings. The van der Waals surface area contributed by atoms with Gasteiger partial charge in [-0.1, -0.05) is 32.0 Å². The minimum Gasteiger partial charge on any atom is -0.496 e. The highest BCUT2D eigenvalue weighted by molar-refractivity contribution is 14.0. The van der Waals surface area contributed by atoms with Gasteiger partial charge >= 0.3 is 0 Å². The summed E-state index contributed by atoms with van der Waals surface area (Å²) in [6.07, 6.45) is 1.19. The van der Waals surface area contributed by atoms with Gasteiger partial charge in [0.05, 0.1) is 7.11 Å². The summed E-state index contributed by atoms with van der Waals surface area (Å²) in [5.41, 5.74) is 1.15. The summed E-state index contributed by atoms with van der Waals surface area (Å²) in [5.74, 6) is 1.82. The average Bonchev–Trinajstić information content (AvgIpc) is 2.58. The summed E-state index contributed by atoms with van der Waals surface area (Å²) in [6.45, 7) is 9.35. The third-order valence-corrected chi connectivity index (χ3v) is 3.87. The number of benzene rings is 1. The van der Waals surface area contributed by atoms with Crippen LogP contribution in [0.2, 0.25) is 0 Å². The molecule has 0 saturated carbocycles. The van der Waals surface area contributed by atoms with Crippen LogP contribution in [0.5, 0.6) is 5.75 Å². The number of halogens is 1. The molecule has 0 atom stereocenters. The Morgan fingerprint density at radius 1 is 1.21 bits per heavy atom. The molecule has 0 aliphatic rings. The molecule has 1 N–H and O–H groups in total. The van der Waals surface area contributed by atoms with E-state index in [-0.39, 0.29) is 24.0 Å². The molecule has 0 heterocycles. The molecule has 0 amide bonds. The predicted molar refractivity (Wildman–Crippen MR) is 114 cm³/mol. The van der Waals surface area contributed by atoms with Gasteiger partial charge in [0.2, 0.25) is 0 Å². The Labute approximate surface area is 164 Å². The Kier molecular flexibility index (Phi) is 12.7. The van der Waals surface area contributed by atoms with E-state index in [0.717, 1.165) is 50.0 Å². The molecule has 0 bridgehead atoms. The number of rotatable bonds is 9. The smallest absolute Gasteiger partial charge is 0.193 e. The largest absolute Gasteiger partial charge is 0.496 e. The molecule has 6 heteroatoms. The highest BCUT2D eigenvalue weighted by atomic mass is 127. The van der Waals surface area contributed by atoms with Crippen molar-refractivity contribution in [1.29, 1.82) is 0 Å². The molecule has 0 spiro atoms. The van der Waals surface area contributed by atoms with E-state index in [4.69, 9.17) is 4.74 Å². The summed E-state index contributed by atoms with van der Waals surface area (Å²) in [4.78, 5) is 8.94. The van der Waals surface area contributed by atoms with Gasteiger partial charge in [-0.25, -0.2) is 0 Å². The average molecular weight is 448 g/mol. The molecule has 0 fully saturated rings. The van der Waals surface area contributed by atoms with Crippen LogP contribution < -0.4 is 10.1 Å². The Balaban J connectivity index is 0.00000529. The van der Waals surface area contributed by atoms with Crippen LogP contribution in [0.3, 0.4) is 0 Å². The second-order valence-corrected chi connectivity index (χ2v) is 5.58. The van der Waals surface area contributed by atoms with Crippen LogP contribution in [0.25, 0.3) is 0 Å². The van der Waals surface area contributed by atoms with Crippen LogP contribution in [-0.2, 0) is 6.54 Å². The Morgan fingerprint density at radius 3 is 2.50 bits per heavy atom. The number of aliphatic imine (C=N–C) groups is 1. The van der Waals surface area contributed by atoms with Gasteiger partial charge in [-0.15, -0.1) is 24.0 Å². The van der Waals surface area contributed by atoms with Gasteiger partial charge in [0.25, 0.3) is 0 Å².